The van der Waals surface area contributed by atoms with Gasteiger partial charge in [0.2, 0.25) is 0 Å². The van der Waals surface area contributed by atoms with Crippen LogP contribution in [0.5, 0.6) is 0 Å². The van der Waals surface area contributed by atoms with E-state index in [1.54, 1.807) is 18.4 Å². The molecule has 1 aromatic carbocycles. The standard InChI is InChI=1S/C17H22Cl2N4O.HI/c1-11(13-7-6-12(18)9-14(13)19)22-17(20)21-10-15(23(2)3)16-5-4-8-24-16;/h4-9,11,15H,10H2,1-3H3,(H3,20,21,22);1H. The highest BCUT2D eigenvalue weighted by Gasteiger charge is 2.17. The molecule has 1 aromatic heterocycles. The zero-order valence-corrected chi connectivity index (χ0v) is 18.2. The van der Waals surface area contributed by atoms with Crippen molar-refractivity contribution in [1.82, 2.24) is 10.2 Å². The molecule has 138 valence electrons. The van der Waals surface area contributed by atoms with Gasteiger partial charge in [-0.3, -0.25) is 9.89 Å². The Balaban J connectivity index is 0.00000312. The maximum absolute atomic E-state index is 6.22. The van der Waals surface area contributed by atoms with Crippen LogP contribution in [0, 0.1) is 0 Å². The summed E-state index contributed by atoms with van der Waals surface area (Å²) in [7, 11) is 3.95. The van der Waals surface area contributed by atoms with Crippen molar-refractivity contribution < 1.29 is 4.42 Å². The number of hydrogen-bond acceptors (Lipinski definition) is 3. The van der Waals surface area contributed by atoms with Gasteiger partial charge in [0.25, 0.3) is 0 Å². The van der Waals surface area contributed by atoms with Crippen molar-refractivity contribution in [2.75, 3.05) is 20.6 Å². The van der Waals surface area contributed by atoms with Gasteiger partial charge in [-0.25, -0.2) is 0 Å². The summed E-state index contributed by atoms with van der Waals surface area (Å²) in [4.78, 5) is 6.46. The molecule has 0 aliphatic carbocycles. The second kappa shape index (κ2) is 10.3. The Labute approximate surface area is 175 Å². The molecule has 0 saturated heterocycles. The minimum Gasteiger partial charge on any atom is -0.468 e. The first kappa shape index (κ1) is 22.1. The molecule has 25 heavy (non-hydrogen) atoms. The zero-order chi connectivity index (χ0) is 17.7. The Morgan fingerprint density at radius 2 is 2.04 bits per heavy atom. The molecule has 5 nitrogen and oxygen atoms in total. The molecule has 0 bridgehead atoms. The lowest BCUT2D eigenvalue weighted by molar-refractivity contribution is 0.265. The van der Waals surface area contributed by atoms with Gasteiger partial charge >= 0.3 is 0 Å². The molecule has 2 aromatic rings. The van der Waals surface area contributed by atoms with E-state index in [2.05, 4.69) is 10.3 Å². The van der Waals surface area contributed by atoms with Crippen molar-refractivity contribution in [3.05, 3.63) is 58.0 Å². The molecule has 0 fully saturated rings. The first-order valence-electron chi connectivity index (χ1n) is 7.59. The third-order valence-electron chi connectivity index (χ3n) is 3.72. The van der Waals surface area contributed by atoms with Crippen LogP contribution in [0.15, 0.2) is 46.0 Å². The molecule has 0 radical (unpaired) electrons. The van der Waals surface area contributed by atoms with Crippen molar-refractivity contribution >= 4 is 53.1 Å². The van der Waals surface area contributed by atoms with E-state index in [-0.39, 0.29) is 36.1 Å². The van der Waals surface area contributed by atoms with Crippen molar-refractivity contribution in [3.8, 4) is 0 Å². The highest BCUT2D eigenvalue weighted by atomic mass is 127. The van der Waals surface area contributed by atoms with Crippen LogP contribution in [-0.4, -0.2) is 31.5 Å². The number of hydrogen-bond donors (Lipinski definition) is 2. The van der Waals surface area contributed by atoms with Gasteiger partial charge in [-0.05, 0) is 50.8 Å². The van der Waals surface area contributed by atoms with Crippen LogP contribution < -0.4 is 11.1 Å². The van der Waals surface area contributed by atoms with Gasteiger partial charge in [-0.15, -0.1) is 24.0 Å². The first-order valence-corrected chi connectivity index (χ1v) is 8.35. The number of aliphatic imine (C=N–C) groups is 1. The molecule has 1 heterocycles. The molecule has 2 rings (SSSR count). The number of nitrogens with two attached hydrogens (primary N) is 1. The fourth-order valence-electron chi connectivity index (χ4n) is 2.37. The third-order valence-corrected chi connectivity index (χ3v) is 4.29. The molecule has 0 aliphatic heterocycles. The normalized spacial score (nSPS) is 14.1. The van der Waals surface area contributed by atoms with Crippen LogP contribution in [0.1, 0.15) is 30.3 Å². The van der Waals surface area contributed by atoms with Crippen LogP contribution in [-0.2, 0) is 0 Å². The largest absolute Gasteiger partial charge is 0.468 e. The van der Waals surface area contributed by atoms with E-state index >= 15 is 0 Å². The van der Waals surface area contributed by atoms with Gasteiger partial charge in [-0.1, -0.05) is 29.3 Å². The topological polar surface area (TPSA) is 66.8 Å². The molecule has 3 N–H and O–H groups in total. The minimum atomic E-state index is -0.0834. The highest BCUT2D eigenvalue weighted by molar-refractivity contribution is 14.0. The van der Waals surface area contributed by atoms with Crippen LogP contribution in [0.2, 0.25) is 10.0 Å². The molecule has 0 spiro atoms. The number of halogens is 3. The molecule has 0 aliphatic rings. The maximum atomic E-state index is 6.22. The van der Waals surface area contributed by atoms with Gasteiger partial charge in [0, 0.05) is 10.0 Å². The predicted molar refractivity (Wildman–Crippen MR) is 115 cm³/mol. The lowest BCUT2D eigenvalue weighted by Crippen LogP contribution is -2.35. The fourth-order valence-corrected chi connectivity index (χ4v) is 2.94. The van der Waals surface area contributed by atoms with Crippen molar-refractivity contribution in [2.45, 2.75) is 19.0 Å². The van der Waals surface area contributed by atoms with Crippen LogP contribution in [0.3, 0.4) is 0 Å². The summed E-state index contributed by atoms with van der Waals surface area (Å²) < 4.78 is 5.46. The van der Waals surface area contributed by atoms with E-state index in [0.29, 0.717) is 22.5 Å². The number of guanidine groups is 1. The molecular weight excluding hydrogens is 474 g/mol. The third kappa shape index (κ3) is 6.36. The van der Waals surface area contributed by atoms with Crippen LogP contribution in [0.4, 0.5) is 0 Å². The van der Waals surface area contributed by atoms with E-state index < -0.39 is 0 Å². The Kier molecular flexibility index (Phi) is 9.06. The summed E-state index contributed by atoms with van der Waals surface area (Å²) in [6.45, 7) is 2.45. The summed E-state index contributed by atoms with van der Waals surface area (Å²) in [5.74, 6) is 1.21. The highest BCUT2D eigenvalue weighted by Crippen LogP contribution is 2.26. The lowest BCUT2D eigenvalue weighted by Gasteiger charge is -2.21. The van der Waals surface area contributed by atoms with E-state index in [9.17, 15) is 0 Å². The molecular formula is C17H23Cl2IN4O. The van der Waals surface area contributed by atoms with Gasteiger partial charge in [-0.2, -0.15) is 0 Å². The van der Waals surface area contributed by atoms with Crippen molar-refractivity contribution in [2.24, 2.45) is 10.7 Å². The number of furan rings is 1. The lowest BCUT2D eigenvalue weighted by atomic mass is 10.1. The SMILES string of the molecule is CC(NC(N)=NCC(c1ccco1)N(C)C)c1ccc(Cl)cc1Cl.I. The predicted octanol–water partition coefficient (Wildman–Crippen LogP) is 4.47. The Hall–Kier alpha value is -0.960. The van der Waals surface area contributed by atoms with Crippen LogP contribution in [0.25, 0.3) is 0 Å². The summed E-state index contributed by atoms with van der Waals surface area (Å²) in [5.41, 5.74) is 6.93. The first-order chi connectivity index (χ1) is 11.4. The number of nitrogens with zero attached hydrogens (tertiary/aromatic N) is 2. The van der Waals surface area contributed by atoms with E-state index in [4.69, 9.17) is 33.4 Å². The summed E-state index contributed by atoms with van der Waals surface area (Å²) in [5, 5.41) is 4.34. The molecule has 0 amide bonds. The number of likely N-dealkylation sites (N-methyl/N-ethyl adjacent to an activating group) is 1. The summed E-state index contributed by atoms with van der Waals surface area (Å²) >= 11 is 12.1. The average molecular weight is 497 g/mol. The Morgan fingerprint density at radius 1 is 1.32 bits per heavy atom. The van der Waals surface area contributed by atoms with Gasteiger partial charge in [0.15, 0.2) is 5.96 Å². The second-order valence-corrected chi connectivity index (χ2v) is 6.60. The monoisotopic (exact) mass is 496 g/mol. The quantitative estimate of drug-likeness (QED) is 0.351. The molecule has 2 unspecified atom stereocenters. The second-order valence-electron chi connectivity index (χ2n) is 5.75. The Bertz CT molecular complexity index is 692. The van der Waals surface area contributed by atoms with Gasteiger partial charge < -0.3 is 15.5 Å². The van der Waals surface area contributed by atoms with E-state index in [1.807, 2.05) is 44.1 Å². The molecule has 2 atom stereocenters. The summed E-state index contributed by atoms with van der Waals surface area (Å²) in [6.07, 6.45) is 1.65. The van der Waals surface area contributed by atoms with Crippen molar-refractivity contribution in [3.63, 3.8) is 0 Å². The van der Waals surface area contributed by atoms with Crippen molar-refractivity contribution in [1.29, 1.82) is 0 Å². The van der Waals surface area contributed by atoms with Crippen LogP contribution >= 0.6 is 47.2 Å². The number of benzene rings is 1. The average Bonchev–Trinajstić information content (AvgIpc) is 3.00. The number of rotatable bonds is 6. The van der Waals surface area contributed by atoms with E-state index in [1.165, 1.54) is 0 Å². The molecule has 0 saturated carbocycles. The fraction of sp³-hybridized carbons (Fsp3) is 0.353. The van der Waals surface area contributed by atoms with Gasteiger partial charge in [0.1, 0.15) is 5.76 Å². The Morgan fingerprint density at radius 3 is 2.60 bits per heavy atom. The smallest absolute Gasteiger partial charge is 0.189 e. The zero-order valence-electron chi connectivity index (χ0n) is 14.4. The minimum absolute atomic E-state index is 0. The maximum Gasteiger partial charge on any atom is 0.189 e. The molecule has 8 heteroatoms. The number of nitrogens with one attached hydrogen (secondary N) is 1. The van der Waals surface area contributed by atoms with E-state index in [0.717, 1.165) is 11.3 Å². The van der Waals surface area contributed by atoms with Gasteiger partial charge in [0.05, 0.1) is 24.9 Å². The summed E-state index contributed by atoms with van der Waals surface area (Å²) in [6, 6.07) is 9.12.